The van der Waals surface area contributed by atoms with Crippen molar-refractivity contribution in [2.45, 2.75) is 77.4 Å². The summed E-state index contributed by atoms with van der Waals surface area (Å²) in [5, 5.41) is 3.19. The van der Waals surface area contributed by atoms with E-state index in [9.17, 15) is 9.59 Å². The van der Waals surface area contributed by atoms with Crippen LogP contribution in [0.25, 0.3) is 0 Å². The molecule has 4 heteroatoms. The van der Waals surface area contributed by atoms with Crippen molar-refractivity contribution in [1.29, 1.82) is 0 Å². The summed E-state index contributed by atoms with van der Waals surface area (Å²) < 4.78 is 0. The van der Waals surface area contributed by atoms with E-state index in [0.717, 1.165) is 29.5 Å². The van der Waals surface area contributed by atoms with Crippen LogP contribution in [0.15, 0.2) is 54.6 Å². The number of rotatable bonds is 8. The van der Waals surface area contributed by atoms with Crippen molar-refractivity contribution in [2.75, 3.05) is 0 Å². The van der Waals surface area contributed by atoms with Gasteiger partial charge in [0.25, 0.3) is 0 Å². The van der Waals surface area contributed by atoms with Gasteiger partial charge in [-0.05, 0) is 44.2 Å². The molecule has 1 saturated carbocycles. The van der Waals surface area contributed by atoms with Gasteiger partial charge in [0.2, 0.25) is 11.8 Å². The van der Waals surface area contributed by atoms with Gasteiger partial charge >= 0.3 is 0 Å². The fourth-order valence-corrected chi connectivity index (χ4v) is 4.20. The summed E-state index contributed by atoms with van der Waals surface area (Å²) in [6.07, 6.45) is 6.75. The molecule has 2 amide bonds. The first-order valence-electron chi connectivity index (χ1n) is 11.2. The van der Waals surface area contributed by atoms with E-state index in [1.165, 1.54) is 19.3 Å². The van der Waals surface area contributed by atoms with Crippen LogP contribution in [0.3, 0.4) is 0 Å². The summed E-state index contributed by atoms with van der Waals surface area (Å²) in [6.45, 7) is 4.35. The highest BCUT2D eigenvalue weighted by molar-refractivity contribution is 5.87. The fourth-order valence-electron chi connectivity index (χ4n) is 4.20. The van der Waals surface area contributed by atoms with Gasteiger partial charge in [-0.1, -0.05) is 79.4 Å². The summed E-state index contributed by atoms with van der Waals surface area (Å²) in [4.78, 5) is 27.9. The molecule has 0 saturated heterocycles. The maximum absolute atomic E-state index is 13.2. The predicted octanol–water partition coefficient (Wildman–Crippen LogP) is 4.79. The number of amides is 2. The molecular formula is C26H34N2O2. The molecule has 30 heavy (non-hydrogen) atoms. The minimum Gasteiger partial charge on any atom is -0.352 e. The van der Waals surface area contributed by atoms with Crippen LogP contribution in [-0.2, 0) is 22.6 Å². The van der Waals surface area contributed by atoms with Crippen molar-refractivity contribution in [3.8, 4) is 0 Å². The lowest BCUT2D eigenvalue weighted by molar-refractivity contribution is -0.141. The molecule has 1 fully saturated rings. The van der Waals surface area contributed by atoms with Gasteiger partial charge in [-0.2, -0.15) is 0 Å². The van der Waals surface area contributed by atoms with Crippen LogP contribution in [0.5, 0.6) is 0 Å². The van der Waals surface area contributed by atoms with Crippen LogP contribution in [-0.4, -0.2) is 28.8 Å². The van der Waals surface area contributed by atoms with Crippen molar-refractivity contribution in [1.82, 2.24) is 10.2 Å². The van der Waals surface area contributed by atoms with Crippen LogP contribution < -0.4 is 5.32 Å². The molecule has 0 heterocycles. The van der Waals surface area contributed by atoms with Gasteiger partial charge in [0.1, 0.15) is 6.04 Å². The molecular weight excluding hydrogens is 372 g/mol. The van der Waals surface area contributed by atoms with Gasteiger partial charge < -0.3 is 10.2 Å². The zero-order valence-corrected chi connectivity index (χ0v) is 18.3. The lowest BCUT2D eigenvalue weighted by Crippen LogP contribution is -2.50. The predicted molar refractivity (Wildman–Crippen MR) is 121 cm³/mol. The van der Waals surface area contributed by atoms with Crippen LogP contribution in [0.1, 0.15) is 62.1 Å². The molecule has 1 N–H and O–H groups in total. The first-order valence-corrected chi connectivity index (χ1v) is 11.2. The lowest BCUT2D eigenvalue weighted by atomic mass is 9.95. The number of hydrogen-bond acceptors (Lipinski definition) is 2. The van der Waals surface area contributed by atoms with E-state index >= 15 is 0 Å². The van der Waals surface area contributed by atoms with Crippen molar-refractivity contribution < 1.29 is 9.59 Å². The van der Waals surface area contributed by atoms with Crippen molar-refractivity contribution in [2.24, 2.45) is 0 Å². The lowest BCUT2D eigenvalue weighted by Gasteiger charge is -2.31. The second-order valence-corrected chi connectivity index (χ2v) is 8.52. The van der Waals surface area contributed by atoms with Crippen LogP contribution in [0.2, 0.25) is 0 Å². The van der Waals surface area contributed by atoms with E-state index in [1.54, 1.807) is 4.90 Å². The second-order valence-electron chi connectivity index (χ2n) is 8.52. The first-order chi connectivity index (χ1) is 14.5. The monoisotopic (exact) mass is 406 g/mol. The van der Waals surface area contributed by atoms with E-state index in [0.29, 0.717) is 19.4 Å². The maximum Gasteiger partial charge on any atom is 0.242 e. The summed E-state index contributed by atoms with van der Waals surface area (Å²) in [7, 11) is 0. The quantitative estimate of drug-likeness (QED) is 0.685. The van der Waals surface area contributed by atoms with E-state index in [-0.39, 0.29) is 17.9 Å². The Bertz CT molecular complexity index is 828. The molecule has 0 radical (unpaired) electrons. The minimum absolute atomic E-state index is 0.0200. The highest BCUT2D eigenvalue weighted by atomic mass is 16.2. The molecule has 0 bridgehead atoms. The molecule has 4 nitrogen and oxygen atoms in total. The first kappa shape index (κ1) is 22.1. The molecule has 1 aliphatic rings. The van der Waals surface area contributed by atoms with E-state index in [2.05, 4.69) is 11.4 Å². The van der Waals surface area contributed by atoms with Gasteiger partial charge in [-0.3, -0.25) is 9.59 Å². The van der Waals surface area contributed by atoms with Gasteiger partial charge in [0.15, 0.2) is 0 Å². The number of carbonyl (C=O) groups excluding carboxylic acids is 2. The Morgan fingerprint density at radius 3 is 2.40 bits per heavy atom. The van der Waals surface area contributed by atoms with Crippen molar-refractivity contribution in [3.05, 3.63) is 71.3 Å². The Labute approximate surface area is 180 Å². The van der Waals surface area contributed by atoms with Crippen LogP contribution in [0.4, 0.5) is 0 Å². The van der Waals surface area contributed by atoms with Gasteiger partial charge in [-0.25, -0.2) is 0 Å². The molecule has 0 aliphatic heterocycles. The van der Waals surface area contributed by atoms with Gasteiger partial charge in [0, 0.05) is 19.0 Å². The molecule has 160 valence electrons. The smallest absolute Gasteiger partial charge is 0.242 e. The molecule has 2 aromatic rings. The minimum atomic E-state index is -0.490. The fraction of sp³-hybridized carbons (Fsp3) is 0.462. The van der Waals surface area contributed by atoms with Crippen LogP contribution >= 0.6 is 0 Å². The normalized spacial score (nSPS) is 15.4. The SMILES string of the molecule is Cc1cccc(CN(C(=O)CCc2ccccc2)C(C)C(=O)NC2CCCCC2)c1. The van der Waals surface area contributed by atoms with Crippen LogP contribution in [0, 0.1) is 6.92 Å². The Hall–Kier alpha value is -2.62. The summed E-state index contributed by atoms with van der Waals surface area (Å²) >= 11 is 0. The van der Waals surface area contributed by atoms with E-state index in [1.807, 2.05) is 62.4 Å². The number of benzene rings is 2. The third-order valence-electron chi connectivity index (χ3n) is 6.02. The molecule has 0 spiro atoms. The van der Waals surface area contributed by atoms with Crippen molar-refractivity contribution >= 4 is 11.8 Å². The third-order valence-corrected chi connectivity index (χ3v) is 6.02. The molecule has 2 aromatic carbocycles. The zero-order chi connectivity index (χ0) is 21.3. The Balaban J connectivity index is 1.69. The average Bonchev–Trinajstić information content (AvgIpc) is 2.77. The van der Waals surface area contributed by atoms with Gasteiger partial charge in [0.05, 0.1) is 0 Å². The third kappa shape index (κ3) is 6.45. The number of nitrogens with zero attached hydrogens (tertiary/aromatic N) is 1. The maximum atomic E-state index is 13.2. The van der Waals surface area contributed by atoms with Gasteiger partial charge in [-0.15, -0.1) is 0 Å². The van der Waals surface area contributed by atoms with E-state index in [4.69, 9.17) is 0 Å². The number of aryl methyl sites for hydroxylation is 2. The standard InChI is InChI=1S/C26H34N2O2/c1-20-10-9-13-23(18-20)19-28(25(29)17-16-22-11-5-3-6-12-22)21(2)26(30)27-24-14-7-4-8-15-24/h3,5-6,9-13,18,21,24H,4,7-8,14-17,19H2,1-2H3,(H,27,30). The Morgan fingerprint density at radius 1 is 1.00 bits per heavy atom. The summed E-state index contributed by atoms with van der Waals surface area (Å²) in [5.41, 5.74) is 3.35. The molecule has 3 rings (SSSR count). The molecule has 0 aromatic heterocycles. The molecule has 1 aliphatic carbocycles. The molecule has 1 unspecified atom stereocenters. The topological polar surface area (TPSA) is 49.4 Å². The highest BCUT2D eigenvalue weighted by Gasteiger charge is 2.27. The summed E-state index contributed by atoms with van der Waals surface area (Å²) in [5.74, 6) is -0.0192. The second kappa shape index (κ2) is 11.0. The van der Waals surface area contributed by atoms with E-state index < -0.39 is 6.04 Å². The zero-order valence-electron chi connectivity index (χ0n) is 18.3. The highest BCUT2D eigenvalue weighted by Crippen LogP contribution is 2.19. The Kier molecular flexibility index (Phi) is 8.06. The number of nitrogens with one attached hydrogen (secondary N) is 1. The van der Waals surface area contributed by atoms with Crippen molar-refractivity contribution in [3.63, 3.8) is 0 Å². The Morgan fingerprint density at radius 2 is 1.70 bits per heavy atom. The average molecular weight is 407 g/mol. The largest absolute Gasteiger partial charge is 0.352 e. The number of hydrogen-bond donors (Lipinski definition) is 1. The number of carbonyl (C=O) groups is 2. The summed E-state index contributed by atoms with van der Waals surface area (Å²) in [6, 6.07) is 18.0. The molecule has 1 atom stereocenters.